The number of amides is 1. The summed E-state index contributed by atoms with van der Waals surface area (Å²) in [7, 11) is 0. The maximum atomic E-state index is 11.7. The fraction of sp³-hybridized carbons (Fsp3) is 0.500. The summed E-state index contributed by atoms with van der Waals surface area (Å²) in [6.45, 7) is 0.197. The van der Waals surface area contributed by atoms with Gasteiger partial charge in [0.1, 0.15) is 5.82 Å². The molecule has 3 N–H and O–H groups in total. The Morgan fingerprint density at radius 3 is 3.00 bits per heavy atom. The van der Waals surface area contributed by atoms with E-state index in [0.717, 1.165) is 18.7 Å². The molecule has 0 aliphatic heterocycles. The van der Waals surface area contributed by atoms with Crippen LogP contribution in [0.4, 0.5) is 0 Å². The average Bonchev–Trinajstić information content (AvgIpc) is 2.88. The number of aromatic nitrogens is 7. The van der Waals surface area contributed by atoms with Gasteiger partial charge in [-0.15, -0.1) is 15.3 Å². The largest absolute Gasteiger partial charge is 0.342 e. The second-order valence-electron chi connectivity index (χ2n) is 3.83. The number of nitrogens with one attached hydrogen (secondary N) is 3. The molecular weight excluding hydrogens is 224 g/mol. The zero-order chi connectivity index (χ0) is 11.7. The maximum absolute atomic E-state index is 11.7. The number of rotatable bonds is 4. The van der Waals surface area contributed by atoms with Gasteiger partial charge in [-0.1, -0.05) is 5.21 Å². The van der Waals surface area contributed by atoms with Crippen LogP contribution in [0.15, 0.2) is 0 Å². The van der Waals surface area contributed by atoms with Crippen LogP contribution in [0.1, 0.15) is 41.0 Å². The third kappa shape index (κ3) is 2.12. The van der Waals surface area contributed by atoms with E-state index in [1.165, 1.54) is 0 Å². The molecule has 3 rings (SSSR count). The topological polar surface area (TPSA) is 125 Å². The SMILES string of the molecule is O=C(NCc1nn[nH]n1)c1n[nH]c(C2CC2)n1. The van der Waals surface area contributed by atoms with Gasteiger partial charge in [-0.2, -0.15) is 5.21 Å². The zero-order valence-electron chi connectivity index (χ0n) is 8.84. The molecule has 0 radical (unpaired) electrons. The summed E-state index contributed by atoms with van der Waals surface area (Å²) in [5, 5.41) is 22.4. The lowest BCUT2D eigenvalue weighted by atomic mass is 10.4. The van der Waals surface area contributed by atoms with Gasteiger partial charge in [0.05, 0.1) is 6.54 Å². The first-order valence-corrected chi connectivity index (χ1v) is 5.26. The van der Waals surface area contributed by atoms with Crippen molar-refractivity contribution in [3.63, 3.8) is 0 Å². The summed E-state index contributed by atoms with van der Waals surface area (Å²) < 4.78 is 0. The Hall–Kier alpha value is -2.32. The van der Waals surface area contributed by atoms with Gasteiger partial charge in [0.15, 0.2) is 5.82 Å². The van der Waals surface area contributed by atoms with E-state index in [1.807, 2.05) is 0 Å². The van der Waals surface area contributed by atoms with Gasteiger partial charge in [0, 0.05) is 5.92 Å². The van der Waals surface area contributed by atoms with E-state index in [4.69, 9.17) is 0 Å². The van der Waals surface area contributed by atoms with Crippen molar-refractivity contribution in [3.05, 3.63) is 17.5 Å². The fourth-order valence-electron chi connectivity index (χ4n) is 1.41. The number of tetrazole rings is 1. The van der Waals surface area contributed by atoms with Crippen LogP contribution >= 0.6 is 0 Å². The van der Waals surface area contributed by atoms with E-state index in [1.54, 1.807) is 0 Å². The average molecular weight is 234 g/mol. The standard InChI is InChI=1S/C8H10N8O/c17-8(9-3-5-11-15-16-12-5)7-10-6(13-14-7)4-1-2-4/h4H,1-3H2,(H,9,17)(H,10,13,14)(H,11,12,15,16). The number of carbonyl (C=O) groups is 1. The number of H-pyrrole nitrogens is 2. The number of hydrogen-bond acceptors (Lipinski definition) is 6. The van der Waals surface area contributed by atoms with Crippen LogP contribution in [0, 0.1) is 0 Å². The van der Waals surface area contributed by atoms with Crippen molar-refractivity contribution >= 4 is 5.91 Å². The van der Waals surface area contributed by atoms with Crippen LogP contribution < -0.4 is 5.32 Å². The van der Waals surface area contributed by atoms with Crippen molar-refractivity contribution in [3.8, 4) is 0 Å². The van der Waals surface area contributed by atoms with Crippen LogP contribution in [-0.2, 0) is 6.54 Å². The number of nitrogens with zero attached hydrogens (tertiary/aromatic N) is 5. The minimum Gasteiger partial charge on any atom is -0.342 e. The molecule has 1 aliphatic rings. The Bertz CT molecular complexity index is 513. The second-order valence-corrected chi connectivity index (χ2v) is 3.83. The molecular formula is C8H10N8O. The molecule has 0 aromatic carbocycles. The predicted molar refractivity (Wildman–Crippen MR) is 53.7 cm³/mol. The summed E-state index contributed by atoms with van der Waals surface area (Å²) in [5.74, 6) is 1.45. The van der Waals surface area contributed by atoms with E-state index in [-0.39, 0.29) is 18.3 Å². The van der Waals surface area contributed by atoms with Crippen molar-refractivity contribution < 1.29 is 4.79 Å². The number of aromatic amines is 2. The summed E-state index contributed by atoms with van der Waals surface area (Å²) >= 11 is 0. The smallest absolute Gasteiger partial charge is 0.291 e. The highest BCUT2D eigenvalue weighted by Gasteiger charge is 2.28. The normalized spacial score (nSPS) is 14.8. The van der Waals surface area contributed by atoms with E-state index >= 15 is 0 Å². The molecule has 2 heterocycles. The molecule has 0 saturated heterocycles. The molecule has 2 aromatic heterocycles. The molecule has 17 heavy (non-hydrogen) atoms. The Morgan fingerprint density at radius 1 is 1.41 bits per heavy atom. The third-order valence-corrected chi connectivity index (χ3v) is 2.47. The molecule has 0 spiro atoms. The van der Waals surface area contributed by atoms with Crippen molar-refractivity contribution in [2.24, 2.45) is 0 Å². The quantitative estimate of drug-likeness (QED) is 0.631. The lowest BCUT2D eigenvalue weighted by Crippen LogP contribution is -2.24. The molecule has 2 aromatic rings. The molecule has 0 atom stereocenters. The van der Waals surface area contributed by atoms with E-state index in [9.17, 15) is 4.79 Å². The summed E-state index contributed by atoms with van der Waals surface area (Å²) in [6.07, 6.45) is 2.22. The lowest BCUT2D eigenvalue weighted by Gasteiger charge is -1.96. The maximum Gasteiger partial charge on any atom is 0.291 e. The molecule has 1 fully saturated rings. The van der Waals surface area contributed by atoms with Crippen LogP contribution in [0.3, 0.4) is 0 Å². The molecule has 1 amide bonds. The molecule has 9 nitrogen and oxygen atoms in total. The first kappa shape index (κ1) is 9.87. The first-order valence-electron chi connectivity index (χ1n) is 5.26. The summed E-state index contributed by atoms with van der Waals surface area (Å²) in [4.78, 5) is 15.8. The zero-order valence-corrected chi connectivity index (χ0v) is 8.84. The van der Waals surface area contributed by atoms with Crippen molar-refractivity contribution in [1.29, 1.82) is 0 Å². The van der Waals surface area contributed by atoms with E-state index in [0.29, 0.717) is 11.7 Å². The molecule has 0 bridgehead atoms. The second kappa shape index (κ2) is 3.92. The van der Waals surface area contributed by atoms with Gasteiger partial charge in [0.2, 0.25) is 5.82 Å². The van der Waals surface area contributed by atoms with E-state index < -0.39 is 0 Å². The molecule has 0 unspecified atom stereocenters. The van der Waals surface area contributed by atoms with Gasteiger partial charge >= 0.3 is 0 Å². The van der Waals surface area contributed by atoms with Gasteiger partial charge in [0.25, 0.3) is 5.91 Å². The van der Waals surface area contributed by atoms with Crippen LogP contribution in [0.5, 0.6) is 0 Å². The Morgan fingerprint density at radius 2 is 2.29 bits per heavy atom. The van der Waals surface area contributed by atoms with Gasteiger partial charge in [-0.05, 0) is 12.8 Å². The van der Waals surface area contributed by atoms with Gasteiger partial charge in [-0.25, -0.2) is 4.98 Å². The van der Waals surface area contributed by atoms with E-state index in [2.05, 4.69) is 41.1 Å². The van der Waals surface area contributed by atoms with Crippen LogP contribution in [0.2, 0.25) is 0 Å². The van der Waals surface area contributed by atoms with Crippen molar-refractivity contribution in [2.75, 3.05) is 0 Å². The third-order valence-electron chi connectivity index (χ3n) is 2.47. The molecule has 1 aliphatic carbocycles. The molecule has 88 valence electrons. The fourth-order valence-corrected chi connectivity index (χ4v) is 1.41. The highest BCUT2D eigenvalue weighted by molar-refractivity contribution is 5.90. The highest BCUT2D eigenvalue weighted by Crippen LogP contribution is 2.37. The predicted octanol–water partition coefficient (Wildman–Crippen LogP) is -0.875. The Labute approximate surface area is 95.4 Å². The first-order chi connectivity index (χ1) is 8.33. The highest BCUT2D eigenvalue weighted by atomic mass is 16.2. The van der Waals surface area contributed by atoms with Crippen molar-refractivity contribution in [2.45, 2.75) is 25.3 Å². The summed E-state index contributed by atoms with van der Waals surface area (Å²) in [5.41, 5.74) is 0. The van der Waals surface area contributed by atoms with Gasteiger partial charge in [-0.3, -0.25) is 9.89 Å². The monoisotopic (exact) mass is 234 g/mol. The number of hydrogen-bond donors (Lipinski definition) is 3. The lowest BCUT2D eigenvalue weighted by molar-refractivity contribution is 0.0940. The Balaban J connectivity index is 1.60. The summed E-state index contributed by atoms with van der Waals surface area (Å²) in [6, 6.07) is 0. The minimum atomic E-state index is -0.349. The van der Waals surface area contributed by atoms with Crippen molar-refractivity contribution in [1.82, 2.24) is 41.1 Å². The Kier molecular flexibility index (Phi) is 2.28. The van der Waals surface area contributed by atoms with Crippen LogP contribution in [0.25, 0.3) is 0 Å². The molecule has 9 heteroatoms. The number of carbonyl (C=O) groups excluding carboxylic acids is 1. The minimum absolute atomic E-state index is 0.149. The van der Waals surface area contributed by atoms with Gasteiger partial charge < -0.3 is 5.32 Å². The molecule has 1 saturated carbocycles. The van der Waals surface area contributed by atoms with Crippen LogP contribution in [-0.4, -0.2) is 41.7 Å².